The van der Waals surface area contributed by atoms with E-state index in [1.165, 1.54) is 18.2 Å². The molecule has 0 saturated carbocycles. The van der Waals surface area contributed by atoms with E-state index >= 15 is 0 Å². The van der Waals surface area contributed by atoms with Gasteiger partial charge in [-0.3, -0.25) is 10.1 Å². The quantitative estimate of drug-likeness (QED) is 0.262. The smallest absolute Gasteiger partial charge is 0.348 e. The molecule has 0 saturated heterocycles. The molecule has 0 fully saturated rings. The Morgan fingerprint density at radius 3 is 2.32 bits per heavy atom. The minimum atomic E-state index is -4.41. The van der Waals surface area contributed by atoms with E-state index in [0.717, 1.165) is 39.7 Å². The van der Waals surface area contributed by atoms with Crippen molar-refractivity contribution in [1.29, 1.82) is 0 Å². The second-order valence-corrected chi connectivity index (χ2v) is 9.23. The zero-order valence-corrected chi connectivity index (χ0v) is 19.5. The average Bonchev–Trinajstić information content (AvgIpc) is 3.20. The number of hydrogen-bond acceptors (Lipinski definition) is 3. The summed E-state index contributed by atoms with van der Waals surface area (Å²) in [5.41, 5.74) is 3.03. The van der Waals surface area contributed by atoms with Gasteiger partial charge in [-0.15, -0.1) is 0 Å². The maximum atomic E-state index is 13.7. The number of alkyl halides is 3. The molecule has 1 atom stereocenters. The summed E-state index contributed by atoms with van der Waals surface area (Å²) in [6.45, 7) is 0. The molecular formula is C29H21F3N3O2+. The third kappa shape index (κ3) is 4.14. The first-order valence-electron chi connectivity index (χ1n) is 11.8. The highest BCUT2D eigenvalue weighted by atomic mass is 19.4. The molecule has 0 spiro atoms. The molecule has 4 aromatic carbocycles. The van der Waals surface area contributed by atoms with Gasteiger partial charge in [0.15, 0.2) is 17.0 Å². The molecular weight excluding hydrogens is 479 g/mol. The third-order valence-electron chi connectivity index (χ3n) is 6.77. The number of H-pyrrole nitrogens is 1. The van der Waals surface area contributed by atoms with Gasteiger partial charge in [0.2, 0.25) is 0 Å². The number of fused-ring (bicyclic) bond motifs is 5. The molecule has 1 aliphatic rings. The van der Waals surface area contributed by atoms with Gasteiger partial charge in [-0.25, -0.2) is 4.79 Å². The van der Waals surface area contributed by atoms with Gasteiger partial charge in [-0.1, -0.05) is 42.5 Å². The van der Waals surface area contributed by atoms with Crippen molar-refractivity contribution in [3.63, 3.8) is 0 Å². The lowest BCUT2D eigenvalue weighted by molar-refractivity contribution is -0.524. The van der Waals surface area contributed by atoms with Gasteiger partial charge < -0.3 is 4.98 Å². The zero-order valence-electron chi connectivity index (χ0n) is 19.5. The SMILES string of the molecule is O=C1C(Cc2ccc(C(F)(F)F)cc2)Nc2c(Cc3ccccc3)[nH]c3c4ccc(=O)cc4ccc3[n+]21. The van der Waals surface area contributed by atoms with Crippen LogP contribution in [0.3, 0.4) is 0 Å². The predicted molar refractivity (Wildman–Crippen MR) is 135 cm³/mol. The second kappa shape index (κ2) is 8.58. The van der Waals surface area contributed by atoms with Crippen LogP contribution in [-0.4, -0.2) is 16.9 Å². The first kappa shape index (κ1) is 23.0. The zero-order chi connectivity index (χ0) is 25.7. The molecule has 1 unspecified atom stereocenters. The van der Waals surface area contributed by atoms with Crippen LogP contribution in [-0.2, 0) is 19.0 Å². The van der Waals surface area contributed by atoms with Crippen LogP contribution in [0.4, 0.5) is 19.0 Å². The monoisotopic (exact) mass is 500 g/mol. The molecule has 1 aliphatic heterocycles. The van der Waals surface area contributed by atoms with Crippen molar-refractivity contribution in [2.24, 2.45) is 0 Å². The molecule has 6 rings (SSSR count). The summed E-state index contributed by atoms with van der Waals surface area (Å²) in [6.07, 6.45) is -3.66. The maximum absolute atomic E-state index is 13.7. The summed E-state index contributed by atoms with van der Waals surface area (Å²) in [7, 11) is 0. The lowest BCUT2D eigenvalue weighted by Crippen LogP contribution is -2.44. The fraction of sp³-hybridized carbons (Fsp3) is 0.138. The van der Waals surface area contributed by atoms with E-state index < -0.39 is 17.8 Å². The number of aromatic amines is 1. The van der Waals surface area contributed by atoms with Crippen LogP contribution in [0.5, 0.6) is 0 Å². The van der Waals surface area contributed by atoms with Crippen molar-refractivity contribution in [3.05, 3.63) is 118 Å². The van der Waals surface area contributed by atoms with Gasteiger partial charge in [0.1, 0.15) is 5.69 Å². The highest BCUT2D eigenvalue weighted by Crippen LogP contribution is 2.31. The Labute approximate surface area is 209 Å². The summed E-state index contributed by atoms with van der Waals surface area (Å²) in [4.78, 5) is 29.1. The van der Waals surface area contributed by atoms with E-state index in [1.54, 1.807) is 16.7 Å². The van der Waals surface area contributed by atoms with Crippen molar-refractivity contribution in [2.75, 3.05) is 5.32 Å². The van der Waals surface area contributed by atoms with Crippen molar-refractivity contribution in [1.82, 2.24) is 4.98 Å². The Bertz CT molecular complexity index is 1730. The molecule has 0 aliphatic carbocycles. The summed E-state index contributed by atoms with van der Waals surface area (Å²) < 4.78 is 40.6. The first-order valence-corrected chi connectivity index (χ1v) is 11.8. The highest BCUT2D eigenvalue weighted by molar-refractivity contribution is 6.04. The van der Waals surface area contributed by atoms with Crippen LogP contribution in [0.1, 0.15) is 27.2 Å². The van der Waals surface area contributed by atoms with Crippen LogP contribution in [0.2, 0.25) is 0 Å². The number of carbonyl (C=O) groups excluding carboxylic acids is 1. The van der Waals surface area contributed by atoms with Crippen molar-refractivity contribution in [2.45, 2.75) is 25.1 Å². The molecule has 8 heteroatoms. The molecule has 184 valence electrons. The molecule has 0 amide bonds. The number of hydrogen-bond donors (Lipinski definition) is 2. The minimum absolute atomic E-state index is 0.0977. The van der Waals surface area contributed by atoms with Gasteiger partial charge in [0, 0.05) is 18.2 Å². The fourth-order valence-electron chi connectivity index (χ4n) is 4.97. The molecule has 0 radical (unpaired) electrons. The van der Waals surface area contributed by atoms with E-state index in [9.17, 15) is 22.8 Å². The van der Waals surface area contributed by atoms with Crippen molar-refractivity contribution in [3.8, 4) is 0 Å². The van der Waals surface area contributed by atoms with E-state index in [1.807, 2.05) is 42.5 Å². The highest BCUT2D eigenvalue weighted by Gasteiger charge is 2.42. The predicted octanol–water partition coefficient (Wildman–Crippen LogP) is 5.26. The molecule has 2 N–H and O–H groups in total. The third-order valence-corrected chi connectivity index (χ3v) is 6.77. The normalized spacial score (nSPS) is 15.2. The van der Waals surface area contributed by atoms with Crippen LogP contribution >= 0.6 is 0 Å². The Kier molecular flexibility index (Phi) is 5.33. The summed E-state index contributed by atoms with van der Waals surface area (Å²) in [5, 5.41) is 4.91. The first-order chi connectivity index (χ1) is 17.8. The van der Waals surface area contributed by atoms with Gasteiger partial charge in [0.25, 0.3) is 0 Å². The fourth-order valence-corrected chi connectivity index (χ4v) is 4.97. The van der Waals surface area contributed by atoms with E-state index in [4.69, 9.17) is 0 Å². The number of carbonyl (C=O) groups is 1. The number of anilines is 1. The summed E-state index contributed by atoms with van der Waals surface area (Å²) >= 11 is 0. The second-order valence-electron chi connectivity index (χ2n) is 9.23. The van der Waals surface area contributed by atoms with Crippen LogP contribution in [0.15, 0.2) is 89.7 Å². The Hall–Kier alpha value is -4.46. The number of benzene rings is 4. The Morgan fingerprint density at radius 2 is 1.59 bits per heavy atom. The molecule has 5 nitrogen and oxygen atoms in total. The summed E-state index contributed by atoms with van der Waals surface area (Å²) in [6, 6.07) is 22.5. The number of rotatable bonds is 4. The van der Waals surface area contributed by atoms with Crippen LogP contribution in [0, 0.1) is 0 Å². The molecule has 0 bridgehead atoms. The van der Waals surface area contributed by atoms with Gasteiger partial charge in [-0.05, 0) is 59.0 Å². The lowest BCUT2D eigenvalue weighted by atomic mass is 10.0. The van der Waals surface area contributed by atoms with E-state index in [-0.39, 0.29) is 17.8 Å². The largest absolute Gasteiger partial charge is 0.416 e. The van der Waals surface area contributed by atoms with Gasteiger partial charge >= 0.3 is 17.9 Å². The number of halogens is 3. The maximum Gasteiger partial charge on any atom is 0.416 e. The molecule has 37 heavy (non-hydrogen) atoms. The van der Waals surface area contributed by atoms with Crippen LogP contribution < -0.4 is 15.3 Å². The average molecular weight is 501 g/mol. The number of nitrogens with one attached hydrogen (secondary N) is 2. The molecule has 5 aromatic rings. The van der Waals surface area contributed by atoms with Gasteiger partial charge in [-0.2, -0.15) is 17.7 Å². The lowest BCUT2D eigenvalue weighted by Gasteiger charge is -2.10. The van der Waals surface area contributed by atoms with Crippen molar-refractivity contribution < 1.29 is 22.5 Å². The van der Waals surface area contributed by atoms with Crippen LogP contribution in [0.25, 0.3) is 21.8 Å². The topological polar surface area (TPSA) is 65.8 Å². The Balaban J connectivity index is 1.46. The van der Waals surface area contributed by atoms with Gasteiger partial charge in [0.05, 0.1) is 11.1 Å². The Morgan fingerprint density at radius 1 is 0.838 bits per heavy atom. The van der Waals surface area contributed by atoms with Crippen molar-refractivity contribution >= 4 is 33.5 Å². The van der Waals surface area contributed by atoms with E-state index in [0.29, 0.717) is 23.3 Å². The molecule has 2 heterocycles. The summed E-state index contributed by atoms with van der Waals surface area (Å²) in [5.74, 6) is 0.432. The minimum Gasteiger partial charge on any atom is -0.348 e. The number of aromatic nitrogens is 2. The van der Waals surface area contributed by atoms with E-state index in [2.05, 4.69) is 10.3 Å². The number of nitrogens with zero attached hydrogens (tertiary/aromatic N) is 1. The standard InChI is InChI=1S/C29H20F3N3O2/c30-29(31,32)20-9-6-18(7-10-20)15-24-28(37)35-25-13-8-19-16-21(36)11-12-22(19)26(25)33-23(27(35)34-24)14-17-4-2-1-3-5-17/h1-13,16,24,36H,14-15H2/p+1. The molecule has 1 aromatic heterocycles.